The molecule has 1 aliphatic heterocycles. The summed E-state index contributed by atoms with van der Waals surface area (Å²) in [5.41, 5.74) is -1.09. The number of cyclic esters (lactones) is 1. The summed E-state index contributed by atoms with van der Waals surface area (Å²) in [7, 11) is 0. The number of nitrogens with one attached hydrogen (secondary N) is 1. The molecule has 1 aromatic rings. The number of alkyl halides is 3. The van der Waals surface area contributed by atoms with Crippen molar-refractivity contribution in [1.82, 2.24) is 4.90 Å². The van der Waals surface area contributed by atoms with Gasteiger partial charge in [0.25, 0.3) is 0 Å². The number of carbonyl (C=O) groups is 2. The van der Waals surface area contributed by atoms with E-state index in [1.54, 1.807) is 0 Å². The molecular formula is C13H12ClF3N2O3. The molecule has 5 nitrogen and oxygen atoms in total. The van der Waals surface area contributed by atoms with Gasteiger partial charge in [0.2, 0.25) is 5.91 Å². The number of hydrogen-bond donors (Lipinski definition) is 1. The molecule has 1 N–H and O–H groups in total. The van der Waals surface area contributed by atoms with E-state index in [2.05, 4.69) is 5.32 Å². The van der Waals surface area contributed by atoms with Gasteiger partial charge in [-0.05, 0) is 24.6 Å². The molecule has 2 amide bonds. The zero-order valence-corrected chi connectivity index (χ0v) is 12.0. The average molecular weight is 337 g/mol. The number of rotatable bonds is 3. The van der Waals surface area contributed by atoms with E-state index < -0.39 is 23.7 Å². The van der Waals surface area contributed by atoms with Crippen LogP contribution in [-0.2, 0) is 15.7 Å². The predicted octanol–water partition coefficient (Wildman–Crippen LogP) is 3.14. The summed E-state index contributed by atoms with van der Waals surface area (Å²) in [6, 6.07) is 2.61. The van der Waals surface area contributed by atoms with Crippen LogP contribution in [0.3, 0.4) is 0 Å². The normalized spacial score (nSPS) is 15.5. The van der Waals surface area contributed by atoms with Gasteiger partial charge >= 0.3 is 12.3 Å². The molecule has 0 aliphatic carbocycles. The van der Waals surface area contributed by atoms with Gasteiger partial charge in [0, 0.05) is 6.54 Å². The highest BCUT2D eigenvalue weighted by Crippen LogP contribution is 2.33. The highest BCUT2D eigenvalue weighted by molar-refractivity contribution is 6.33. The predicted molar refractivity (Wildman–Crippen MR) is 72.6 cm³/mol. The molecule has 1 saturated heterocycles. The van der Waals surface area contributed by atoms with Gasteiger partial charge in [0.1, 0.15) is 6.54 Å². The van der Waals surface area contributed by atoms with Crippen molar-refractivity contribution < 1.29 is 27.5 Å². The molecule has 0 aromatic heterocycles. The molecular weight excluding hydrogens is 325 g/mol. The minimum Gasteiger partial charge on any atom is -0.449 e. The van der Waals surface area contributed by atoms with Crippen LogP contribution in [0.15, 0.2) is 18.2 Å². The molecule has 0 atom stereocenters. The second-order valence-electron chi connectivity index (χ2n) is 4.63. The molecule has 22 heavy (non-hydrogen) atoms. The molecule has 0 bridgehead atoms. The molecule has 2 rings (SSSR count). The third-order valence-electron chi connectivity index (χ3n) is 2.96. The van der Waals surface area contributed by atoms with E-state index in [0.717, 1.165) is 18.2 Å². The summed E-state index contributed by atoms with van der Waals surface area (Å²) in [6.45, 7) is 0.324. The van der Waals surface area contributed by atoms with Crippen LogP contribution in [0, 0.1) is 0 Å². The lowest BCUT2D eigenvalue weighted by molar-refractivity contribution is -0.137. The van der Waals surface area contributed by atoms with Crippen molar-refractivity contribution >= 4 is 29.3 Å². The summed E-state index contributed by atoms with van der Waals surface area (Å²) in [4.78, 5) is 24.4. The third-order valence-corrected chi connectivity index (χ3v) is 3.29. The monoisotopic (exact) mass is 336 g/mol. The highest BCUT2D eigenvalue weighted by atomic mass is 35.5. The summed E-state index contributed by atoms with van der Waals surface area (Å²) in [5, 5.41) is 2.24. The largest absolute Gasteiger partial charge is 0.449 e. The van der Waals surface area contributed by atoms with Crippen molar-refractivity contribution in [1.29, 1.82) is 0 Å². The molecule has 1 aliphatic rings. The molecule has 9 heteroatoms. The average Bonchev–Trinajstić information content (AvgIpc) is 2.42. The molecule has 0 saturated carbocycles. The minimum absolute atomic E-state index is 0.0254. The fourth-order valence-electron chi connectivity index (χ4n) is 1.90. The van der Waals surface area contributed by atoms with Crippen LogP contribution in [0.1, 0.15) is 12.0 Å². The first-order valence-electron chi connectivity index (χ1n) is 6.35. The first kappa shape index (κ1) is 16.4. The Balaban J connectivity index is 2.06. The van der Waals surface area contributed by atoms with Gasteiger partial charge in [-0.15, -0.1) is 0 Å². The van der Waals surface area contributed by atoms with Crippen molar-refractivity contribution in [3.05, 3.63) is 28.8 Å². The first-order valence-corrected chi connectivity index (χ1v) is 6.73. The molecule has 1 heterocycles. The zero-order chi connectivity index (χ0) is 16.3. The lowest BCUT2D eigenvalue weighted by atomic mass is 10.2. The maximum atomic E-state index is 12.6. The van der Waals surface area contributed by atoms with Crippen molar-refractivity contribution in [3.63, 3.8) is 0 Å². The van der Waals surface area contributed by atoms with Crippen molar-refractivity contribution in [3.8, 4) is 0 Å². The summed E-state index contributed by atoms with van der Waals surface area (Å²) in [5.74, 6) is -0.653. The minimum atomic E-state index is -4.54. The van der Waals surface area contributed by atoms with Crippen molar-refractivity contribution in [2.75, 3.05) is 25.0 Å². The lowest BCUT2D eigenvalue weighted by Crippen LogP contribution is -2.42. The Hall–Kier alpha value is -1.96. The summed E-state index contributed by atoms with van der Waals surface area (Å²) in [6.07, 6.45) is -4.58. The fourth-order valence-corrected chi connectivity index (χ4v) is 2.07. The number of benzene rings is 1. The van der Waals surface area contributed by atoms with Gasteiger partial charge in [0.15, 0.2) is 0 Å². The van der Waals surface area contributed by atoms with E-state index in [4.69, 9.17) is 16.3 Å². The van der Waals surface area contributed by atoms with Gasteiger partial charge in [-0.25, -0.2) is 4.79 Å². The number of anilines is 1. The van der Waals surface area contributed by atoms with Crippen LogP contribution >= 0.6 is 11.6 Å². The third kappa shape index (κ3) is 4.03. The smallest absolute Gasteiger partial charge is 0.416 e. The number of amides is 2. The number of nitrogens with zero attached hydrogens (tertiary/aromatic N) is 1. The van der Waals surface area contributed by atoms with Gasteiger partial charge in [-0.2, -0.15) is 13.2 Å². The Bertz CT molecular complexity index is 592. The Morgan fingerprint density at radius 3 is 2.77 bits per heavy atom. The molecule has 1 fully saturated rings. The second-order valence-corrected chi connectivity index (χ2v) is 5.04. The molecule has 0 radical (unpaired) electrons. The van der Waals surface area contributed by atoms with Crippen LogP contribution in [0.4, 0.5) is 23.7 Å². The number of carbonyl (C=O) groups excluding carboxylic acids is 2. The highest BCUT2D eigenvalue weighted by Gasteiger charge is 2.31. The SMILES string of the molecule is O=C(CN1CCCOC1=O)Nc1cc(C(F)(F)F)ccc1Cl. The topological polar surface area (TPSA) is 58.6 Å². The zero-order valence-electron chi connectivity index (χ0n) is 11.2. The molecule has 0 spiro atoms. The molecule has 0 unspecified atom stereocenters. The second kappa shape index (κ2) is 6.43. The number of halogens is 4. The van der Waals surface area contributed by atoms with Crippen LogP contribution in [0.5, 0.6) is 0 Å². The molecule has 1 aromatic carbocycles. The first-order chi connectivity index (χ1) is 10.3. The van der Waals surface area contributed by atoms with E-state index in [1.807, 2.05) is 0 Å². The maximum absolute atomic E-state index is 12.6. The van der Waals surface area contributed by atoms with E-state index in [-0.39, 0.29) is 23.9 Å². The van der Waals surface area contributed by atoms with E-state index in [0.29, 0.717) is 13.0 Å². The van der Waals surface area contributed by atoms with E-state index in [1.165, 1.54) is 4.90 Å². The maximum Gasteiger partial charge on any atom is 0.416 e. The standard InChI is InChI=1S/C13H12ClF3N2O3/c14-9-3-2-8(13(15,16)17)6-10(9)18-11(20)7-19-4-1-5-22-12(19)21/h2-3,6H,1,4-5,7H2,(H,18,20). The van der Waals surface area contributed by atoms with Crippen molar-refractivity contribution in [2.24, 2.45) is 0 Å². The van der Waals surface area contributed by atoms with E-state index in [9.17, 15) is 22.8 Å². The Labute approximate surface area is 129 Å². The summed E-state index contributed by atoms with van der Waals surface area (Å²) < 4.78 is 42.7. The van der Waals surface area contributed by atoms with Crippen LogP contribution in [-0.4, -0.2) is 36.6 Å². The summed E-state index contributed by atoms with van der Waals surface area (Å²) >= 11 is 5.77. The quantitative estimate of drug-likeness (QED) is 0.922. The number of hydrogen-bond acceptors (Lipinski definition) is 3. The van der Waals surface area contributed by atoms with Gasteiger partial charge < -0.3 is 10.1 Å². The Kier molecular flexibility index (Phi) is 4.80. The van der Waals surface area contributed by atoms with E-state index >= 15 is 0 Å². The van der Waals surface area contributed by atoms with Gasteiger partial charge in [-0.1, -0.05) is 11.6 Å². The molecule has 120 valence electrons. The lowest BCUT2D eigenvalue weighted by Gasteiger charge is -2.25. The number of ether oxygens (including phenoxy) is 1. The fraction of sp³-hybridized carbons (Fsp3) is 0.385. The Morgan fingerprint density at radius 2 is 2.14 bits per heavy atom. The van der Waals surface area contributed by atoms with Crippen LogP contribution < -0.4 is 5.32 Å². The Morgan fingerprint density at radius 1 is 1.41 bits per heavy atom. The van der Waals surface area contributed by atoms with Crippen LogP contribution in [0.2, 0.25) is 5.02 Å². The van der Waals surface area contributed by atoms with Crippen LogP contribution in [0.25, 0.3) is 0 Å². The van der Waals surface area contributed by atoms with Gasteiger partial charge in [0.05, 0.1) is 22.9 Å². The van der Waals surface area contributed by atoms with Gasteiger partial charge in [-0.3, -0.25) is 9.69 Å². The van der Waals surface area contributed by atoms with Crippen molar-refractivity contribution in [2.45, 2.75) is 12.6 Å².